The molecule has 8 heteroatoms. The molecule has 0 radical (unpaired) electrons. The first-order chi connectivity index (χ1) is 8.90. The lowest BCUT2D eigenvalue weighted by molar-refractivity contribution is -0.384. The molecule has 0 bridgehead atoms. The van der Waals surface area contributed by atoms with Crippen molar-refractivity contribution >= 4 is 23.2 Å². The van der Waals surface area contributed by atoms with E-state index >= 15 is 0 Å². The second kappa shape index (κ2) is 5.12. The van der Waals surface area contributed by atoms with E-state index in [2.05, 4.69) is 0 Å². The number of nitro groups is 1. The van der Waals surface area contributed by atoms with Crippen LogP contribution in [0.5, 0.6) is 0 Å². The summed E-state index contributed by atoms with van der Waals surface area (Å²) in [5.41, 5.74) is -0.259. The van der Waals surface area contributed by atoms with Crippen LogP contribution in [0.2, 0.25) is 5.02 Å². The van der Waals surface area contributed by atoms with Crippen LogP contribution in [0.4, 0.5) is 5.69 Å². The van der Waals surface area contributed by atoms with Crippen LogP contribution < -0.4 is 0 Å². The van der Waals surface area contributed by atoms with Gasteiger partial charge in [0.1, 0.15) is 5.02 Å². The van der Waals surface area contributed by atoms with Crippen LogP contribution in [0.25, 0.3) is 0 Å². The Bertz CT molecular complexity index is 526. The van der Waals surface area contributed by atoms with Crippen molar-refractivity contribution in [1.29, 1.82) is 0 Å². The number of aliphatic hydroxyl groups excluding tert-OH is 2. The number of nitro benzene ring substituents is 1. The minimum Gasteiger partial charge on any atom is -0.388 e. The zero-order chi connectivity index (χ0) is 14.2. The predicted octanol–water partition coefficient (Wildman–Crippen LogP) is 0.426. The van der Waals surface area contributed by atoms with Gasteiger partial charge in [-0.05, 0) is 12.1 Å². The van der Waals surface area contributed by atoms with Crippen molar-refractivity contribution in [3.05, 3.63) is 38.9 Å². The number of hydrogen-bond acceptors (Lipinski definition) is 5. The summed E-state index contributed by atoms with van der Waals surface area (Å²) in [6, 6.07) is 3.73. The quantitative estimate of drug-likeness (QED) is 0.606. The molecule has 2 rings (SSSR count). The summed E-state index contributed by atoms with van der Waals surface area (Å²) in [5, 5.41) is 29.4. The zero-order valence-electron chi connectivity index (χ0n) is 9.69. The van der Waals surface area contributed by atoms with Crippen LogP contribution in [0.3, 0.4) is 0 Å². The third-order valence-corrected chi connectivity index (χ3v) is 3.26. The van der Waals surface area contributed by atoms with E-state index < -0.39 is 23.0 Å². The molecule has 2 atom stereocenters. The van der Waals surface area contributed by atoms with Crippen LogP contribution in [0.1, 0.15) is 10.4 Å². The summed E-state index contributed by atoms with van der Waals surface area (Å²) in [5.74, 6) is -0.490. The van der Waals surface area contributed by atoms with Crippen molar-refractivity contribution in [3.8, 4) is 0 Å². The van der Waals surface area contributed by atoms with E-state index in [1.54, 1.807) is 0 Å². The molecule has 1 aliphatic heterocycles. The number of hydrogen-bond donors (Lipinski definition) is 2. The van der Waals surface area contributed by atoms with Crippen molar-refractivity contribution in [1.82, 2.24) is 4.90 Å². The number of rotatable bonds is 2. The van der Waals surface area contributed by atoms with Crippen LogP contribution in [0.15, 0.2) is 18.2 Å². The van der Waals surface area contributed by atoms with Gasteiger partial charge in [0.25, 0.3) is 11.6 Å². The minimum absolute atomic E-state index is 0.00355. The Morgan fingerprint density at radius 3 is 2.47 bits per heavy atom. The number of halogens is 1. The molecule has 0 spiro atoms. The van der Waals surface area contributed by atoms with E-state index in [1.165, 1.54) is 17.0 Å². The largest absolute Gasteiger partial charge is 0.388 e. The van der Waals surface area contributed by atoms with Gasteiger partial charge in [0.15, 0.2) is 0 Å². The first-order valence-electron chi connectivity index (χ1n) is 5.49. The molecule has 19 heavy (non-hydrogen) atoms. The maximum atomic E-state index is 12.1. The molecule has 102 valence electrons. The molecule has 7 nitrogen and oxygen atoms in total. The normalized spacial score (nSPS) is 22.6. The van der Waals surface area contributed by atoms with Gasteiger partial charge < -0.3 is 15.1 Å². The van der Waals surface area contributed by atoms with Gasteiger partial charge in [-0.3, -0.25) is 14.9 Å². The van der Waals surface area contributed by atoms with Crippen molar-refractivity contribution in [2.24, 2.45) is 0 Å². The average Bonchev–Trinajstić information content (AvgIpc) is 2.69. The molecule has 1 aromatic rings. The summed E-state index contributed by atoms with van der Waals surface area (Å²) >= 11 is 5.66. The van der Waals surface area contributed by atoms with Gasteiger partial charge in [0.05, 0.1) is 17.1 Å². The van der Waals surface area contributed by atoms with E-state index in [0.29, 0.717) is 0 Å². The molecule has 1 saturated heterocycles. The third-order valence-electron chi connectivity index (χ3n) is 2.94. The lowest BCUT2D eigenvalue weighted by Crippen LogP contribution is -2.29. The highest BCUT2D eigenvalue weighted by atomic mass is 35.5. The highest BCUT2D eigenvalue weighted by Crippen LogP contribution is 2.26. The molecule has 2 unspecified atom stereocenters. The van der Waals surface area contributed by atoms with Gasteiger partial charge >= 0.3 is 0 Å². The van der Waals surface area contributed by atoms with Gasteiger partial charge in [-0.2, -0.15) is 0 Å². The maximum Gasteiger partial charge on any atom is 0.288 e. The molecular formula is C11H11ClN2O5. The topological polar surface area (TPSA) is 104 Å². The molecule has 0 aromatic heterocycles. The number of nitrogens with zero attached hydrogens (tertiary/aromatic N) is 2. The molecule has 1 fully saturated rings. The minimum atomic E-state index is -0.994. The lowest BCUT2D eigenvalue weighted by atomic mass is 10.2. The highest BCUT2D eigenvalue weighted by molar-refractivity contribution is 6.32. The molecular weight excluding hydrogens is 276 g/mol. The molecule has 0 saturated carbocycles. The molecule has 1 aromatic carbocycles. The van der Waals surface area contributed by atoms with Gasteiger partial charge in [0, 0.05) is 24.7 Å². The predicted molar refractivity (Wildman–Crippen MR) is 66.0 cm³/mol. The standard InChI is InChI=1S/C11H11ClN2O5/c12-7-2-1-6(3-8(7)14(18)19)11(17)13-4-9(15)10(16)5-13/h1-3,9-10,15-16H,4-5H2. The Morgan fingerprint density at radius 2 is 1.95 bits per heavy atom. The third kappa shape index (κ3) is 2.67. The Hall–Kier alpha value is -1.70. The fourth-order valence-electron chi connectivity index (χ4n) is 1.90. The summed E-state index contributed by atoms with van der Waals surface area (Å²) in [6.45, 7) is -0.00710. The Labute approximate surface area is 113 Å². The zero-order valence-corrected chi connectivity index (χ0v) is 10.4. The van der Waals surface area contributed by atoms with Crippen LogP contribution >= 0.6 is 11.6 Å². The number of amides is 1. The molecule has 0 aliphatic carbocycles. The summed E-state index contributed by atoms with van der Waals surface area (Å²) in [7, 11) is 0. The maximum absolute atomic E-state index is 12.1. The van der Waals surface area contributed by atoms with E-state index in [1.807, 2.05) is 0 Å². The number of β-amino-alcohol motifs (C(OH)–C–C–N with tert-alkyl or cyclic N) is 2. The Balaban J connectivity index is 2.25. The van der Waals surface area contributed by atoms with Crippen molar-refractivity contribution < 1.29 is 19.9 Å². The monoisotopic (exact) mass is 286 g/mol. The molecule has 1 amide bonds. The fourth-order valence-corrected chi connectivity index (χ4v) is 2.09. The Morgan fingerprint density at radius 1 is 1.37 bits per heavy atom. The van der Waals surface area contributed by atoms with Crippen LogP contribution in [-0.4, -0.2) is 51.2 Å². The molecule has 2 N–H and O–H groups in total. The molecule has 1 heterocycles. The van der Waals surface area contributed by atoms with Gasteiger partial charge in [-0.1, -0.05) is 11.6 Å². The van der Waals surface area contributed by atoms with Gasteiger partial charge in [-0.25, -0.2) is 0 Å². The van der Waals surface area contributed by atoms with E-state index in [-0.39, 0.29) is 29.4 Å². The second-order valence-electron chi connectivity index (χ2n) is 4.27. The highest BCUT2D eigenvalue weighted by Gasteiger charge is 2.33. The van der Waals surface area contributed by atoms with E-state index in [0.717, 1.165) is 6.07 Å². The first kappa shape index (κ1) is 13.7. The SMILES string of the molecule is O=C(c1ccc(Cl)c([N+](=O)[O-])c1)N1CC(O)C(O)C1. The van der Waals surface area contributed by atoms with Crippen molar-refractivity contribution in [3.63, 3.8) is 0 Å². The Kier molecular flexibility index (Phi) is 3.70. The number of benzene rings is 1. The number of likely N-dealkylation sites (tertiary alicyclic amines) is 1. The smallest absolute Gasteiger partial charge is 0.288 e. The number of aliphatic hydroxyl groups is 2. The second-order valence-corrected chi connectivity index (χ2v) is 4.68. The van der Waals surface area contributed by atoms with Gasteiger partial charge in [-0.15, -0.1) is 0 Å². The summed E-state index contributed by atoms with van der Waals surface area (Å²) in [4.78, 5) is 23.4. The fraction of sp³-hybridized carbons (Fsp3) is 0.364. The summed E-state index contributed by atoms with van der Waals surface area (Å²) < 4.78 is 0. The first-order valence-corrected chi connectivity index (χ1v) is 5.87. The molecule has 1 aliphatic rings. The van der Waals surface area contributed by atoms with E-state index in [9.17, 15) is 25.1 Å². The van der Waals surface area contributed by atoms with Gasteiger partial charge in [0.2, 0.25) is 0 Å². The average molecular weight is 287 g/mol. The lowest BCUT2D eigenvalue weighted by Gasteiger charge is -2.15. The number of carbonyl (C=O) groups excluding carboxylic acids is 1. The van der Waals surface area contributed by atoms with Crippen LogP contribution in [0, 0.1) is 10.1 Å². The van der Waals surface area contributed by atoms with E-state index in [4.69, 9.17) is 11.6 Å². The summed E-state index contributed by atoms with van der Waals surface area (Å²) in [6.07, 6.45) is -1.99. The van der Waals surface area contributed by atoms with Crippen molar-refractivity contribution in [2.75, 3.05) is 13.1 Å². The van der Waals surface area contributed by atoms with Crippen LogP contribution in [-0.2, 0) is 0 Å². The van der Waals surface area contributed by atoms with Crippen molar-refractivity contribution in [2.45, 2.75) is 12.2 Å². The number of carbonyl (C=O) groups is 1.